The van der Waals surface area contributed by atoms with E-state index in [0.717, 1.165) is 25.9 Å². The average molecular weight is 670 g/mol. The normalized spacial score (nSPS) is 39.2. The van der Waals surface area contributed by atoms with Crippen molar-refractivity contribution in [3.8, 4) is 0 Å². The number of hydrogen-bond acceptors (Lipinski definition) is 14. The lowest BCUT2D eigenvalue weighted by atomic mass is 9.83. The van der Waals surface area contributed by atoms with Crippen LogP contribution < -0.4 is 27.4 Å². The van der Waals surface area contributed by atoms with Crippen molar-refractivity contribution in [2.75, 3.05) is 39.3 Å². The molecule has 1 saturated carbocycles. The second-order valence-corrected chi connectivity index (χ2v) is 13.2. The highest BCUT2D eigenvalue weighted by Gasteiger charge is 2.51. The topological polar surface area (TPSA) is 243 Å². The van der Waals surface area contributed by atoms with Crippen molar-refractivity contribution in [2.45, 2.75) is 131 Å². The van der Waals surface area contributed by atoms with Crippen molar-refractivity contribution in [1.82, 2.24) is 16.0 Å². The zero-order chi connectivity index (χ0) is 33.6. The van der Waals surface area contributed by atoms with E-state index in [2.05, 4.69) is 16.0 Å². The number of ether oxygens (including phenoxy) is 4. The van der Waals surface area contributed by atoms with Gasteiger partial charge in [0.05, 0.1) is 37.0 Å². The standard InChI is InChI=1S/C29H53F2N5O10/c1-2-15-3-4-16(11-35-14-28(42)5-7-34-8-6-28)43-26(15)45-22-18(33)10-19(36-25(41)24(40)29(30,31)13-32)21(39)23(22)46-27-20(38)9-17(12-37)44-27/h15-24,26-27,34-35,37-40,42H,2-14,32-33H2,1H3,(H,36,41). The minimum Gasteiger partial charge on any atom is -0.394 e. The van der Waals surface area contributed by atoms with Crippen molar-refractivity contribution in [2.24, 2.45) is 17.4 Å². The van der Waals surface area contributed by atoms with Crippen LogP contribution in [0.5, 0.6) is 0 Å². The van der Waals surface area contributed by atoms with Crippen LogP contribution in [0.2, 0.25) is 0 Å². The molecule has 268 valence electrons. The predicted molar refractivity (Wildman–Crippen MR) is 158 cm³/mol. The molecule has 0 aromatic heterocycles. The van der Waals surface area contributed by atoms with Gasteiger partial charge in [0.15, 0.2) is 18.7 Å². The van der Waals surface area contributed by atoms with E-state index in [-0.39, 0.29) is 31.5 Å². The van der Waals surface area contributed by atoms with Gasteiger partial charge >= 0.3 is 0 Å². The van der Waals surface area contributed by atoms with Gasteiger partial charge in [0.1, 0.15) is 24.4 Å². The summed E-state index contributed by atoms with van der Waals surface area (Å²) in [4.78, 5) is 12.5. The first-order valence-electron chi connectivity index (χ1n) is 16.3. The van der Waals surface area contributed by atoms with Gasteiger partial charge in [0, 0.05) is 31.5 Å². The molecule has 1 aliphatic carbocycles. The molecule has 1 amide bonds. The molecule has 4 rings (SSSR count). The molecule has 3 heterocycles. The smallest absolute Gasteiger partial charge is 0.294 e. The lowest BCUT2D eigenvalue weighted by molar-refractivity contribution is -0.296. The van der Waals surface area contributed by atoms with Gasteiger partial charge < -0.3 is 71.9 Å². The highest BCUT2D eigenvalue weighted by Crippen LogP contribution is 2.35. The summed E-state index contributed by atoms with van der Waals surface area (Å²) >= 11 is 0. The summed E-state index contributed by atoms with van der Waals surface area (Å²) in [5.41, 5.74) is 10.7. The Labute approximate surface area is 267 Å². The monoisotopic (exact) mass is 669 g/mol. The van der Waals surface area contributed by atoms with E-state index in [4.69, 9.17) is 30.4 Å². The number of hydrogen-bond donors (Lipinski definition) is 10. The van der Waals surface area contributed by atoms with Crippen LogP contribution in [-0.2, 0) is 23.7 Å². The molecular formula is C29H53F2N5O10. The third-order valence-corrected chi connectivity index (χ3v) is 9.66. The number of aliphatic hydroxyl groups excluding tert-OH is 4. The van der Waals surface area contributed by atoms with Crippen LogP contribution in [0.1, 0.15) is 51.9 Å². The molecule has 4 fully saturated rings. The molecule has 12 N–H and O–H groups in total. The van der Waals surface area contributed by atoms with E-state index in [0.29, 0.717) is 32.4 Å². The summed E-state index contributed by atoms with van der Waals surface area (Å²) in [6.07, 6.45) is -7.49. The van der Waals surface area contributed by atoms with Crippen LogP contribution in [-0.4, -0.2) is 150 Å². The molecule has 3 aliphatic heterocycles. The quantitative estimate of drug-likeness (QED) is 0.0886. The largest absolute Gasteiger partial charge is 0.394 e. The summed E-state index contributed by atoms with van der Waals surface area (Å²) in [7, 11) is 0. The van der Waals surface area contributed by atoms with Crippen LogP contribution in [0.25, 0.3) is 0 Å². The summed E-state index contributed by atoms with van der Waals surface area (Å²) in [5.74, 6) is -5.39. The minimum absolute atomic E-state index is 0.0343. The van der Waals surface area contributed by atoms with Gasteiger partial charge in [-0.05, 0) is 51.6 Å². The Balaban J connectivity index is 1.46. The number of carbonyl (C=O) groups is 1. The number of carbonyl (C=O) groups excluding carboxylic acids is 1. The molecule has 12 unspecified atom stereocenters. The number of piperidine rings is 1. The zero-order valence-electron chi connectivity index (χ0n) is 26.3. The molecule has 0 aromatic carbocycles. The number of alkyl halides is 2. The Morgan fingerprint density at radius 3 is 2.41 bits per heavy atom. The molecule has 15 nitrogen and oxygen atoms in total. The fourth-order valence-corrected chi connectivity index (χ4v) is 6.68. The minimum atomic E-state index is -3.90. The Hall–Kier alpha value is -1.19. The number of halogens is 2. The fraction of sp³-hybridized carbons (Fsp3) is 0.966. The lowest BCUT2D eigenvalue weighted by Crippen LogP contribution is -2.67. The lowest BCUT2D eigenvalue weighted by Gasteiger charge is -2.47. The first-order valence-corrected chi connectivity index (χ1v) is 16.3. The fourth-order valence-electron chi connectivity index (χ4n) is 6.68. The maximum Gasteiger partial charge on any atom is 0.294 e. The maximum absolute atomic E-state index is 13.9. The maximum atomic E-state index is 13.9. The third kappa shape index (κ3) is 9.28. The molecule has 17 heteroatoms. The summed E-state index contributed by atoms with van der Waals surface area (Å²) in [6.45, 7) is 2.73. The van der Waals surface area contributed by atoms with Gasteiger partial charge in [-0.15, -0.1) is 0 Å². The SMILES string of the molecule is CCC1CCC(CNCC2(O)CCNCC2)OC1OC1C(N)CC(NC(=O)C(O)C(F)(F)CN)C(O)C1OC1OC(CO)CC1O. The zero-order valence-corrected chi connectivity index (χ0v) is 26.3. The Morgan fingerprint density at radius 2 is 1.78 bits per heavy atom. The third-order valence-electron chi connectivity index (χ3n) is 9.66. The predicted octanol–water partition coefficient (Wildman–Crippen LogP) is -3.01. The summed E-state index contributed by atoms with van der Waals surface area (Å²) in [5, 5.41) is 60.9. The summed E-state index contributed by atoms with van der Waals surface area (Å²) < 4.78 is 52.3. The van der Waals surface area contributed by atoms with Crippen LogP contribution in [0.3, 0.4) is 0 Å². The van der Waals surface area contributed by atoms with Crippen LogP contribution >= 0.6 is 0 Å². The second-order valence-electron chi connectivity index (χ2n) is 13.2. The van der Waals surface area contributed by atoms with Crippen molar-refractivity contribution in [3.05, 3.63) is 0 Å². The number of aliphatic hydroxyl groups is 5. The Morgan fingerprint density at radius 1 is 1.11 bits per heavy atom. The van der Waals surface area contributed by atoms with Gasteiger partial charge in [-0.25, -0.2) is 8.78 Å². The first-order chi connectivity index (χ1) is 21.8. The van der Waals surface area contributed by atoms with E-state index < -0.39 is 85.3 Å². The second kappa shape index (κ2) is 16.5. The van der Waals surface area contributed by atoms with E-state index in [1.807, 2.05) is 6.92 Å². The average Bonchev–Trinajstić information content (AvgIpc) is 3.40. The van der Waals surface area contributed by atoms with Gasteiger partial charge in [-0.3, -0.25) is 4.79 Å². The number of amides is 1. The summed E-state index contributed by atoms with van der Waals surface area (Å²) in [6, 6.07) is -2.17. The van der Waals surface area contributed by atoms with E-state index in [9.17, 15) is 39.1 Å². The molecule has 0 radical (unpaired) electrons. The molecule has 0 bridgehead atoms. The number of nitrogens with one attached hydrogen (secondary N) is 3. The van der Waals surface area contributed by atoms with E-state index in [1.54, 1.807) is 0 Å². The van der Waals surface area contributed by atoms with Gasteiger partial charge in [-0.1, -0.05) is 6.92 Å². The van der Waals surface area contributed by atoms with Crippen molar-refractivity contribution < 1.29 is 58.1 Å². The van der Waals surface area contributed by atoms with Crippen LogP contribution in [0.15, 0.2) is 0 Å². The molecule has 0 aromatic rings. The van der Waals surface area contributed by atoms with Gasteiger partial charge in [0.25, 0.3) is 11.8 Å². The van der Waals surface area contributed by atoms with Crippen molar-refractivity contribution in [1.29, 1.82) is 0 Å². The highest BCUT2D eigenvalue weighted by molar-refractivity contribution is 5.82. The molecular weight excluding hydrogens is 616 g/mol. The molecule has 12 atom stereocenters. The number of nitrogens with two attached hydrogens (primary N) is 2. The molecule has 0 spiro atoms. The highest BCUT2D eigenvalue weighted by atomic mass is 19.3. The first kappa shape index (κ1) is 37.6. The Kier molecular flexibility index (Phi) is 13.5. The van der Waals surface area contributed by atoms with E-state index in [1.165, 1.54) is 0 Å². The van der Waals surface area contributed by atoms with Crippen molar-refractivity contribution in [3.63, 3.8) is 0 Å². The molecule has 46 heavy (non-hydrogen) atoms. The van der Waals surface area contributed by atoms with Gasteiger partial charge in [-0.2, -0.15) is 0 Å². The molecule has 4 aliphatic rings. The number of rotatable bonds is 14. The Bertz CT molecular complexity index is 969. The van der Waals surface area contributed by atoms with E-state index >= 15 is 0 Å². The van der Waals surface area contributed by atoms with Crippen LogP contribution in [0.4, 0.5) is 8.78 Å². The van der Waals surface area contributed by atoms with Gasteiger partial charge in [0.2, 0.25) is 0 Å². The van der Waals surface area contributed by atoms with Crippen LogP contribution in [0, 0.1) is 5.92 Å². The van der Waals surface area contributed by atoms with Crippen molar-refractivity contribution >= 4 is 5.91 Å². The molecule has 3 saturated heterocycles.